The van der Waals surface area contributed by atoms with Gasteiger partial charge >= 0.3 is 5.91 Å². The number of carbonyl (C=O) groups excluding carboxylic acids is 1. The minimum Gasteiger partial charge on any atom is -0.438 e. The van der Waals surface area contributed by atoms with Crippen LogP contribution in [-0.4, -0.2) is 42.4 Å². The number of oxazole rings is 1. The molecule has 0 saturated carbocycles. The topological polar surface area (TPSA) is 84.6 Å². The molecule has 1 aromatic heterocycles. The third kappa shape index (κ3) is 4.09. The minimum atomic E-state index is -0.365. The summed E-state index contributed by atoms with van der Waals surface area (Å²) in [6, 6.07) is 0. The van der Waals surface area contributed by atoms with Crippen LogP contribution in [0.15, 0.2) is 10.6 Å². The van der Waals surface area contributed by atoms with Crippen LogP contribution < -0.4 is 5.32 Å². The number of nitrogens with one attached hydrogen (secondary N) is 1. The van der Waals surface area contributed by atoms with Crippen LogP contribution in [-0.2, 0) is 4.74 Å². The largest absolute Gasteiger partial charge is 0.438 e. The van der Waals surface area contributed by atoms with Gasteiger partial charge in [0.15, 0.2) is 0 Å². The zero-order valence-corrected chi connectivity index (χ0v) is 8.52. The van der Waals surface area contributed by atoms with Crippen molar-refractivity contribution in [1.82, 2.24) is 10.3 Å². The second-order valence-corrected chi connectivity index (χ2v) is 2.87. The van der Waals surface area contributed by atoms with Crippen molar-refractivity contribution < 1.29 is 19.1 Å². The molecule has 2 N–H and O–H groups in total. The third-order valence-electron chi connectivity index (χ3n) is 1.58. The molecular weight excluding hydrogens is 200 g/mol. The van der Waals surface area contributed by atoms with Crippen LogP contribution in [0, 0.1) is 6.92 Å². The summed E-state index contributed by atoms with van der Waals surface area (Å²) in [5, 5.41) is 11.0. The SMILES string of the molecule is Cc1cnc(C(=O)NCCOCCO)o1. The summed E-state index contributed by atoms with van der Waals surface area (Å²) in [5.41, 5.74) is 0. The summed E-state index contributed by atoms with van der Waals surface area (Å²) in [6.45, 7) is 2.68. The first-order chi connectivity index (χ1) is 7.24. The zero-order valence-electron chi connectivity index (χ0n) is 8.52. The van der Waals surface area contributed by atoms with Crippen molar-refractivity contribution in [2.45, 2.75) is 6.92 Å². The molecule has 1 amide bonds. The van der Waals surface area contributed by atoms with Crippen molar-refractivity contribution >= 4 is 5.91 Å². The average Bonchev–Trinajstić information content (AvgIpc) is 2.64. The van der Waals surface area contributed by atoms with E-state index in [-0.39, 0.29) is 25.0 Å². The third-order valence-corrected chi connectivity index (χ3v) is 1.58. The highest BCUT2D eigenvalue weighted by Crippen LogP contribution is 2.00. The fourth-order valence-electron chi connectivity index (χ4n) is 0.939. The van der Waals surface area contributed by atoms with Gasteiger partial charge in [-0.25, -0.2) is 4.98 Å². The Morgan fingerprint density at radius 3 is 3.07 bits per heavy atom. The molecule has 0 aliphatic carbocycles. The van der Waals surface area contributed by atoms with E-state index in [9.17, 15) is 4.79 Å². The quantitative estimate of drug-likeness (QED) is 0.636. The average molecular weight is 214 g/mol. The van der Waals surface area contributed by atoms with Crippen LogP contribution in [0.5, 0.6) is 0 Å². The number of hydrogen-bond donors (Lipinski definition) is 2. The number of hydrogen-bond acceptors (Lipinski definition) is 5. The van der Waals surface area contributed by atoms with Gasteiger partial charge in [-0.1, -0.05) is 0 Å². The number of aliphatic hydroxyl groups is 1. The van der Waals surface area contributed by atoms with Gasteiger partial charge < -0.3 is 19.6 Å². The molecule has 1 aromatic rings. The number of nitrogens with zero attached hydrogens (tertiary/aromatic N) is 1. The number of aromatic nitrogens is 1. The summed E-state index contributed by atoms with van der Waals surface area (Å²) in [7, 11) is 0. The van der Waals surface area contributed by atoms with E-state index in [0.29, 0.717) is 18.9 Å². The lowest BCUT2D eigenvalue weighted by Gasteiger charge is -2.02. The van der Waals surface area contributed by atoms with Crippen molar-refractivity contribution in [3.63, 3.8) is 0 Å². The molecule has 6 heteroatoms. The fraction of sp³-hybridized carbons (Fsp3) is 0.556. The van der Waals surface area contributed by atoms with Gasteiger partial charge in [0.25, 0.3) is 5.89 Å². The second-order valence-electron chi connectivity index (χ2n) is 2.87. The zero-order chi connectivity index (χ0) is 11.1. The number of carbonyl (C=O) groups is 1. The molecule has 0 radical (unpaired) electrons. The number of ether oxygens (including phenoxy) is 1. The molecule has 0 spiro atoms. The Morgan fingerprint density at radius 2 is 2.47 bits per heavy atom. The van der Waals surface area contributed by atoms with Gasteiger partial charge in [-0.2, -0.15) is 0 Å². The molecule has 0 unspecified atom stereocenters. The molecule has 1 rings (SSSR count). The molecule has 0 bridgehead atoms. The highest BCUT2D eigenvalue weighted by atomic mass is 16.5. The standard InChI is InChI=1S/C9H14N2O4/c1-7-6-11-9(15-7)8(13)10-2-4-14-5-3-12/h6,12H,2-5H2,1H3,(H,10,13). The first-order valence-electron chi connectivity index (χ1n) is 4.63. The van der Waals surface area contributed by atoms with Gasteiger partial charge in [0.2, 0.25) is 0 Å². The Bertz CT molecular complexity index is 311. The minimum absolute atomic E-state index is 0.0210. The Kier molecular flexibility index (Phi) is 4.79. The van der Waals surface area contributed by atoms with E-state index in [1.807, 2.05) is 0 Å². The van der Waals surface area contributed by atoms with Crippen LogP contribution in [0.25, 0.3) is 0 Å². The van der Waals surface area contributed by atoms with E-state index in [1.54, 1.807) is 6.92 Å². The van der Waals surface area contributed by atoms with Gasteiger partial charge in [-0.15, -0.1) is 0 Å². The van der Waals surface area contributed by atoms with E-state index >= 15 is 0 Å². The number of aliphatic hydroxyl groups excluding tert-OH is 1. The lowest BCUT2D eigenvalue weighted by Crippen LogP contribution is -2.27. The maximum Gasteiger partial charge on any atom is 0.307 e. The smallest absolute Gasteiger partial charge is 0.307 e. The first kappa shape index (κ1) is 11.7. The Hall–Kier alpha value is -1.40. The Balaban J connectivity index is 2.19. The van der Waals surface area contributed by atoms with Gasteiger partial charge in [0.05, 0.1) is 26.0 Å². The van der Waals surface area contributed by atoms with Crippen LogP contribution >= 0.6 is 0 Å². The molecule has 6 nitrogen and oxygen atoms in total. The number of aryl methyl sites for hydroxylation is 1. The van der Waals surface area contributed by atoms with Crippen molar-refractivity contribution in [3.05, 3.63) is 17.8 Å². The monoisotopic (exact) mass is 214 g/mol. The van der Waals surface area contributed by atoms with Crippen LogP contribution in [0.1, 0.15) is 16.4 Å². The Labute approximate surface area is 87.3 Å². The molecule has 0 atom stereocenters. The fourth-order valence-corrected chi connectivity index (χ4v) is 0.939. The molecule has 0 aromatic carbocycles. The van der Waals surface area contributed by atoms with Crippen molar-refractivity contribution in [2.75, 3.05) is 26.4 Å². The predicted octanol–water partition coefficient (Wildman–Crippen LogP) is -0.278. The molecule has 84 valence electrons. The lowest BCUT2D eigenvalue weighted by atomic mass is 10.5. The summed E-state index contributed by atoms with van der Waals surface area (Å²) in [6.07, 6.45) is 1.48. The molecule has 1 heterocycles. The van der Waals surface area contributed by atoms with Gasteiger partial charge in [-0.3, -0.25) is 4.79 Å². The Morgan fingerprint density at radius 1 is 1.67 bits per heavy atom. The van der Waals surface area contributed by atoms with Gasteiger partial charge in [-0.05, 0) is 6.92 Å². The van der Waals surface area contributed by atoms with Gasteiger partial charge in [0, 0.05) is 6.54 Å². The molecule has 0 fully saturated rings. The first-order valence-corrected chi connectivity index (χ1v) is 4.63. The van der Waals surface area contributed by atoms with Crippen LogP contribution in [0.3, 0.4) is 0 Å². The van der Waals surface area contributed by atoms with E-state index in [2.05, 4.69) is 10.3 Å². The maximum absolute atomic E-state index is 11.3. The normalized spacial score (nSPS) is 10.3. The summed E-state index contributed by atoms with van der Waals surface area (Å²) < 4.78 is 9.98. The predicted molar refractivity (Wildman–Crippen MR) is 51.5 cm³/mol. The second kappa shape index (κ2) is 6.15. The van der Waals surface area contributed by atoms with E-state index in [4.69, 9.17) is 14.3 Å². The highest BCUT2D eigenvalue weighted by molar-refractivity contribution is 5.89. The van der Waals surface area contributed by atoms with E-state index < -0.39 is 0 Å². The molecule has 0 aliphatic heterocycles. The molecule has 0 saturated heterocycles. The maximum atomic E-state index is 11.3. The molecule has 0 aliphatic rings. The van der Waals surface area contributed by atoms with Crippen LogP contribution in [0.4, 0.5) is 0 Å². The molecule has 15 heavy (non-hydrogen) atoms. The molecular formula is C9H14N2O4. The number of amides is 1. The van der Waals surface area contributed by atoms with Crippen molar-refractivity contribution in [2.24, 2.45) is 0 Å². The van der Waals surface area contributed by atoms with Gasteiger partial charge in [0.1, 0.15) is 5.76 Å². The van der Waals surface area contributed by atoms with E-state index in [0.717, 1.165) is 0 Å². The summed E-state index contributed by atoms with van der Waals surface area (Å²) >= 11 is 0. The highest BCUT2D eigenvalue weighted by Gasteiger charge is 2.10. The van der Waals surface area contributed by atoms with Crippen molar-refractivity contribution in [1.29, 1.82) is 0 Å². The van der Waals surface area contributed by atoms with Crippen LogP contribution in [0.2, 0.25) is 0 Å². The van der Waals surface area contributed by atoms with Crippen molar-refractivity contribution in [3.8, 4) is 0 Å². The summed E-state index contributed by atoms with van der Waals surface area (Å²) in [5.74, 6) is 0.280. The number of rotatable bonds is 6. The summed E-state index contributed by atoms with van der Waals surface area (Å²) in [4.78, 5) is 15.1. The van der Waals surface area contributed by atoms with E-state index in [1.165, 1.54) is 6.20 Å². The lowest BCUT2D eigenvalue weighted by molar-refractivity contribution is 0.0816.